The zero-order chi connectivity index (χ0) is 20.6. The number of benzene rings is 2. The Labute approximate surface area is 228 Å². The van der Waals surface area contributed by atoms with Gasteiger partial charge in [-0.15, -0.1) is 32.5 Å². The largest absolute Gasteiger partial charge is 1.00 e. The number of carbonyl (C=O) groups excluding carboxylic acids is 2. The Morgan fingerprint density at radius 1 is 1.13 bits per heavy atom. The fraction of sp³-hybridized carbons (Fsp3) is 0.304. The van der Waals surface area contributed by atoms with Crippen LogP contribution < -0.4 is 66.2 Å². The number of ether oxygens (including phenoxy) is 2. The fourth-order valence-corrected chi connectivity index (χ4v) is 3.57. The number of halogens is 1. The summed E-state index contributed by atoms with van der Waals surface area (Å²) in [6.07, 6.45) is 8.04. The van der Waals surface area contributed by atoms with Gasteiger partial charge in [0.1, 0.15) is 13.2 Å². The minimum absolute atomic E-state index is 0. The molecule has 30 heavy (non-hydrogen) atoms. The molecule has 1 heterocycles. The molecule has 0 saturated heterocycles. The molecule has 7 heteroatoms. The van der Waals surface area contributed by atoms with Crippen molar-refractivity contribution >= 4 is 33.8 Å². The second kappa shape index (κ2) is 12.9. The first kappa shape index (κ1) is 25.4. The van der Waals surface area contributed by atoms with E-state index in [0.717, 1.165) is 41.6 Å². The quantitative estimate of drug-likeness (QED) is 0.521. The Morgan fingerprint density at radius 2 is 1.83 bits per heavy atom. The van der Waals surface area contributed by atoms with E-state index >= 15 is 0 Å². The third kappa shape index (κ3) is 7.10. The van der Waals surface area contributed by atoms with Crippen molar-refractivity contribution in [1.29, 1.82) is 0 Å². The van der Waals surface area contributed by atoms with Crippen molar-refractivity contribution in [2.24, 2.45) is 5.92 Å². The molecule has 1 fully saturated rings. The zero-order valence-electron chi connectivity index (χ0n) is 17.1. The molecule has 1 amide bonds. The van der Waals surface area contributed by atoms with Gasteiger partial charge in [-0.2, -0.15) is 12.8 Å². The van der Waals surface area contributed by atoms with Crippen LogP contribution in [0.4, 0.5) is 5.69 Å². The molecular weight excluding hydrogens is 473 g/mol. The third-order valence-corrected chi connectivity index (χ3v) is 5.59. The fourth-order valence-electron chi connectivity index (χ4n) is 3.21. The van der Waals surface area contributed by atoms with E-state index in [1.54, 1.807) is 18.4 Å². The van der Waals surface area contributed by atoms with Crippen molar-refractivity contribution in [2.45, 2.75) is 25.7 Å². The first-order valence-corrected chi connectivity index (χ1v) is 10.4. The second-order valence-electron chi connectivity index (χ2n) is 6.86. The first-order chi connectivity index (χ1) is 14.1. The van der Waals surface area contributed by atoms with E-state index in [1.807, 2.05) is 24.3 Å². The third-order valence-electron chi connectivity index (χ3n) is 4.85. The summed E-state index contributed by atoms with van der Waals surface area (Å²) < 4.78 is 11.8. The number of nitrogens with one attached hydrogen (secondary N) is 1. The number of fused-ring (bicyclic) bond motifs is 1. The number of hydrogen-bond acceptors (Lipinski definition) is 4. The summed E-state index contributed by atoms with van der Waals surface area (Å²) in [6.45, 7) is 4.82. The van der Waals surface area contributed by atoms with Crippen LogP contribution in [0, 0.1) is 19.3 Å². The van der Waals surface area contributed by atoms with Gasteiger partial charge in [-0.05, 0) is 18.4 Å². The predicted molar refractivity (Wildman–Crippen MR) is 116 cm³/mol. The molecule has 154 valence electrons. The number of rotatable bonds is 3. The summed E-state index contributed by atoms with van der Waals surface area (Å²) in [5, 5.41) is 2.97. The van der Waals surface area contributed by atoms with Crippen LogP contribution in [0.5, 0.6) is 11.5 Å². The summed E-state index contributed by atoms with van der Waals surface area (Å²) in [6, 6.07) is 10.8. The molecule has 0 radical (unpaired) electrons. The summed E-state index contributed by atoms with van der Waals surface area (Å²) in [7, 11) is 0. The van der Waals surface area contributed by atoms with Crippen molar-refractivity contribution in [3.05, 3.63) is 65.3 Å². The molecule has 1 aliphatic carbocycles. The molecule has 4 rings (SSSR count). The Balaban J connectivity index is 0.000000249. The molecule has 0 aromatic heterocycles. The van der Waals surface area contributed by atoms with E-state index in [0.29, 0.717) is 30.1 Å². The summed E-state index contributed by atoms with van der Waals surface area (Å²) >= 11 is 3.25. The maximum atomic E-state index is 12.1. The van der Waals surface area contributed by atoms with E-state index in [-0.39, 0.29) is 63.2 Å². The Hall–Kier alpha value is -0.834. The van der Waals surface area contributed by atoms with Gasteiger partial charge in [0.25, 0.3) is 0 Å². The average Bonchev–Trinajstić information content (AvgIpc) is 2.76. The van der Waals surface area contributed by atoms with E-state index in [2.05, 4.69) is 34.6 Å². The summed E-state index contributed by atoms with van der Waals surface area (Å²) in [4.78, 5) is 22.3. The average molecular weight is 496 g/mol. The summed E-state index contributed by atoms with van der Waals surface area (Å²) in [5.74, 6) is 1.71. The van der Waals surface area contributed by atoms with Crippen LogP contribution in [-0.4, -0.2) is 25.4 Å². The molecular formula is C23H23BrKNO4-2. The molecule has 2 aromatic rings. The molecule has 0 atom stereocenters. The number of carbonyl (C=O) groups is 1. The molecule has 0 unspecified atom stereocenters. The second-order valence-corrected chi connectivity index (χ2v) is 7.71. The van der Waals surface area contributed by atoms with Gasteiger partial charge in [0.2, 0.25) is 5.91 Å². The molecule has 2 aromatic carbocycles. The SMILES string of the molecule is O=C(Nc1ccc2c(c1)OCCO2)C1CC[CH-]CC1.[CH2-]c1c(Br)cccc1[C-]=O.[K+]. The molecule has 1 aliphatic heterocycles. The van der Waals surface area contributed by atoms with Gasteiger partial charge in [0.05, 0.1) is 0 Å². The van der Waals surface area contributed by atoms with Crippen LogP contribution in [0.25, 0.3) is 0 Å². The van der Waals surface area contributed by atoms with Crippen molar-refractivity contribution in [3.8, 4) is 11.5 Å². The minimum atomic E-state index is 0. The smallest absolute Gasteiger partial charge is 0.486 e. The van der Waals surface area contributed by atoms with Crippen LogP contribution in [-0.2, 0) is 9.59 Å². The van der Waals surface area contributed by atoms with E-state index in [4.69, 9.17) is 9.47 Å². The summed E-state index contributed by atoms with van der Waals surface area (Å²) in [5.41, 5.74) is 1.98. The van der Waals surface area contributed by atoms with Crippen LogP contribution in [0.2, 0.25) is 0 Å². The van der Waals surface area contributed by atoms with E-state index in [1.165, 1.54) is 0 Å². The van der Waals surface area contributed by atoms with Gasteiger partial charge < -0.3 is 26.0 Å². The van der Waals surface area contributed by atoms with Crippen LogP contribution in [0.1, 0.15) is 36.8 Å². The van der Waals surface area contributed by atoms with Crippen LogP contribution in [0.15, 0.2) is 40.9 Å². The Morgan fingerprint density at radius 3 is 2.50 bits per heavy atom. The van der Waals surface area contributed by atoms with Gasteiger partial charge in [-0.1, -0.05) is 12.8 Å². The van der Waals surface area contributed by atoms with Gasteiger partial charge >= 0.3 is 51.4 Å². The van der Waals surface area contributed by atoms with E-state index in [9.17, 15) is 9.59 Å². The molecule has 2 aliphatic rings. The Kier molecular flexibility index (Phi) is 10.9. The first-order valence-electron chi connectivity index (χ1n) is 9.59. The Bertz CT molecular complexity index is 868. The molecule has 1 saturated carbocycles. The standard InChI is InChI=1S/C15H18NO3.C8H5BrO.K/c17-15(11-4-2-1-3-5-11)16-12-6-7-13-14(10-12)19-9-8-18-13;1-6-7(5-10)3-2-4-8(6)9;/h1,6-7,10-11H,2-5,8-9H2,(H,16,17);2-4H,1H2;/q-1;-2;+1. The predicted octanol–water partition coefficient (Wildman–Crippen LogP) is 1.88. The maximum absolute atomic E-state index is 12.1. The molecule has 0 spiro atoms. The molecule has 1 N–H and O–H groups in total. The van der Waals surface area contributed by atoms with Crippen molar-refractivity contribution in [3.63, 3.8) is 0 Å². The number of anilines is 1. The van der Waals surface area contributed by atoms with Crippen molar-refractivity contribution < 1.29 is 70.4 Å². The van der Waals surface area contributed by atoms with Gasteiger partial charge in [-0.25, -0.2) is 6.07 Å². The number of hydrogen-bond donors (Lipinski definition) is 1. The number of amides is 1. The van der Waals surface area contributed by atoms with Gasteiger partial charge in [-0.3, -0.25) is 22.8 Å². The van der Waals surface area contributed by atoms with Gasteiger partial charge in [0.15, 0.2) is 11.5 Å². The zero-order valence-corrected chi connectivity index (χ0v) is 21.8. The van der Waals surface area contributed by atoms with Crippen molar-refractivity contribution in [2.75, 3.05) is 18.5 Å². The minimum Gasteiger partial charge on any atom is -0.486 e. The van der Waals surface area contributed by atoms with Crippen molar-refractivity contribution in [1.82, 2.24) is 0 Å². The van der Waals surface area contributed by atoms with Crippen LogP contribution >= 0.6 is 15.9 Å². The van der Waals surface area contributed by atoms with Gasteiger partial charge in [0, 0.05) is 17.7 Å². The van der Waals surface area contributed by atoms with Crippen LogP contribution in [0.3, 0.4) is 0 Å². The molecule has 5 nitrogen and oxygen atoms in total. The molecule has 0 bridgehead atoms. The maximum Gasteiger partial charge on any atom is 1.00 e. The monoisotopic (exact) mass is 495 g/mol. The van der Waals surface area contributed by atoms with E-state index < -0.39 is 0 Å². The normalized spacial score (nSPS) is 15.1. The topological polar surface area (TPSA) is 64.6 Å².